The molecule has 0 rings (SSSR count). The van der Waals surface area contributed by atoms with Crippen molar-refractivity contribution in [1.29, 1.82) is 0 Å². The highest BCUT2D eigenvalue weighted by Gasteiger charge is 2.17. The fraction of sp³-hybridized carbons (Fsp3) is 0.769. The number of carboxylic acid groups (broad SMARTS) is 1. The van der Waals surface area contributed by atoms with Crippen LogP contribution in [0.2, 0.25) is 0 Å². The Bertz CT molecular complexity index is 333. The number of hydrogen-bond acceptors (Lipinski definition) is 4. The molecule has 0 aliphatic rings. The minimum Gasteiger partial charge on any atom is -0.481 e. The number of aliphatic carboxylic acids is 1. The van der Waals surface area contributed by atoms with E-state index < -0.39 is 11.9 Å². The van der Waals surface area contributed by atoms with Crippen LogP contribution in [0.3, 0.4) is 0 Å². The van der Waals surface area contributed by atoms with Crippen LogP contribution in [0.1, 0.15) is 33.1 Å². The number of nitrogens with one attached hydrogen (secondary N) is 1. The Hall–Kier alpha value is -1.79. The number of rotatable bonds is 9. The van der Waals surface area contributed by atoms with Crippen molar-refractivity contribution in [3.8, 4) is 0 Å². The van der Waals surface area contributed by atoms with E-state index in [1.807, 2.05) is 13.8 Å². The lowest BCUT2D eigenvalue weighted by Crippen LogP contribution is -2.44. The van der Waals surface area contributed by atoms with Crippen LogP contribution in [0.5, 0.6) is 0 Å². The summed E-state index contributed by atoms with van der Waals surface area (Å²) in [6, 6.07) is -0.334. The third-order valence-electron chi connectivity index (χ3n) is 2.78. The number of esters is 1. The van der Waals surface area contributed by atoms with Gasteiger partial charge in [-0.25, -0.2) is 4.79 Å². The number of hydrogen-bond donors (Lipinski definition) is 2. The number of carbonyl (C=O) groups is 3. The van der Waals surface area contributed by atoms with Gasteiger partial charge in [0.05, 0.1) is 7.11 Å². The Morgan fingerprint density at radius 1 is 1.35 bits per heavy atom. The molecule has 7 heteroatoms. The minimum atomic E-state index is -0.846. The highest BCUT2D eigenvalue weighted by atomic mass is 16.5. The first-order valence-corrected chi connectivity index (χ1v) is 6.72. The van der Waals surface area contributed by atoms with Crippen molar-refractivity contribution in [2.24, 2.45) is 5.92 Å². The minimum absolute atomic E-state index is 0.0663. The first kappa shape index (κ1) is 18.2. The number of methoxy groups -OCH3 is 1. The summed E-state index contributed by atoms with van der Waals surface area (Å²) in [5.41, 5.74) is 0. The van der Waals surface area contributed by atoms with Gasteiger partial charge in [-0.2, -0.15) is 0 Å². The van der Waals surface area contributed by atoms with Crippen LogP contribution in [-0.4, -0.2) is 54.7 Å². The molecule has 1 unspecified atom stereocenters. The quantitative estimate of drug-likeness (QED) is 0.619. The largest absolute Gasteiger partial charge is 0.481 e. The first-order valence-electron chi connectivity index (χ1n) is 6.72. The number of nitrogens with zero attached hydrogens (tertiary/aromatic N) is 1. The first-order chi connectivity index (χ1) is 9.40. The highest BCUT2D eigenvalue weighted by Crippen LogP contribution is 2.04. The van der Waals surface area contributed by atoms with Gasteiger partial charge in [-0.05, 0) is 18.8 Å². The van der Waals surface area contributed by atoms with Crippen molar-refractivity contribution in [3.63, 3.8) is 0 Å². The molecule has 0 heterocycles. The Balaban J connectivity index is 4.18. The molecule has 2 amide bonds. The Morgan fingerprint density at radius 2 is 2.00 bits per heavy atom. The predicted octanol–water partition coefficient (Wildman–Crippen LogP) is 1.08. The summed E-state index contributed by atoms with van der Waals surface area (Å²) in [6.07, 6.45) is 1.32. The van der Waals surface area contributed by atoms with E-state index in [-0.39, 0.29) is 24.9 Å². The monoisotopic (exact) mass is 288 g/mol. The fourth-order valence-electron chi connectivity index (χ4n) is 1.59. The molecule has 0 aromatic carbocycles. The van der Waals surface area contributed by atoms with Gasteiger partial charge in [0.2, 0.25) is 0 Å². The van der Waals surface area contributed by atoms with Crippen molar-refractivity contribution in [1.82, 2.24) is 10.2 Å². The Kier molecular flexibility index (Phi) is 9.15. The van der Waals surface area contributed by atoms with Gasteiger partial charge in [-0.1, -0.05) is 13.8 Å². The number of amides is 2. The topological polar surface area (TPSA) is 95.9 Å². The van der Waals surface area contributed by atoms with E-state index in [2.05, 4.69) is 10.1 Å². The molecule has 1 atom stereocenters. The second kappa shape index (κ2) is 10.1. The molecule has 0 saturated heterocycles. The molecule has 0 spiro atoms. The van der Waals surface area contributed by atoms with Crippen LogP contribution >= 0.6 is 0 Å². The summed E-state index contributed by atoms with van der Waals surface area (Å²) < 4.78 is 4.54. The lowest BCUT2D eigenvalue weighted by Gasteiger charge is -2.22. The van der Waals surface area contributed by atoms with Crippen LogP contribution in [0.25, 0.3) is 0 Å². The normalized spacial score (nSPS) is 11.6. The molecule has 0 bridgehead atoms. The molecule has 0 aliphatic carbocycles. The summed E-state index contributed by atoms with van der Waals surface area (Å²) in [5.74, 6) is -1.24. The summed E-state index contributed by atoms with van der Waals surface area (Å²) >= 11 is 0. The molecule has 20 heavy (non-hydrogen) atoms. The molecule has 0 aliphatic heterocycles. The second-order valence-corrected chi connectivity index (χ2v) is 4.72. The Morgan fingerprint density at radius 3 is 2.50 bits per heavy atom. The standard InChI is InChI=1S/C13H24N2O5/c1-4-7-15(9-12(18)20-3)13(19)14-8-10(2)5-6-11(16)17/h10H,4-9H2,1-3H3,(H,14,19)(H,16,17). The third-order valence-corrected chi connectivity index (χ3v) is 2.78. The predicted molar refractivity (Wildman–Crippen MR) is 73.3 cm³/mol. The van der Waals surface area contributed by atoms with Crippen LogP contribution in [0.15, 0.2) is 0 Å². The Labute approximate surface area is 119 Å². The van der Waals surface area contributed by atoms with Gasteiger partial charge in [0.1, 0.15) is 6.54 Å². The van der Waals surface area contributed by atoms with Gasteiger partial charge >= 0.3 is 18.0 Å². The second-order valence-electron chi connectivity index (χ2n) is 4.72. The number of urea groups is 1. The lowest BCUT2D eigenvalue weighted by molar-refractivity contribution is -0.141. The maximum absolute atomic E-state index is 11.9. The number of carbonyl (C=O) groups excluding carboxylic acids is 2. The van der Waals surface area contributed by atoms with Gasteiger partial charge in [0.15, 0.2) is 0 Å². The van der Waals surface area contributed by atoms with Crippen molar-refractivity contribution in [3.05, 3.63) is 0 Å². The third kappa shape index (κ3) is 8.34. The smallest absolute Gasteiger partial charge is 0.325 e. The zero-order chi connectivity index (χ0) is 15.5. The van der Waals surface area contributed by atoms with Crippen LogP contribution in [-0.2, 0) is 14.3 Å². The zero-order valence-corrected chi connectivity index (χ0v) is 12.3. The van der Waals surface area contributed by atoms with E-state index in [4.69, 9.17) is 5.11 Å². The average Bonchev–Trinajstić information content (AvgIpc) is 2.41. The lowest BCUT2D eigenvalue weighted by atomic mass is 10.1. The molecule has 0 aromatic rings. The van der Waals surface area contributed by atoms with E-state index in [9.17, 15) is 14.4 Å². The zero-order valence-electron chi connectivity index (χ0n) is 12.3. The SMILES string of the molecule is CCCN(CC(=O)OC)C(=O)NCC(C)CCC(=O)O. The molecule has 0 radical (unpaired) electrons. The maximum atomic E-state index is 11.9. The van der Waals surface area contributed by atoms with Gasteiger partial charge in [0.25, 0.3) is 0 Å². The van der Waals surface area contributed by atoms with E-state index >= 15 is 0 Å². The fourth-order valence-corrected chi connectivity index (χ4v) is 1.59. The van der Waals surface area contributed by atoms with E-state index in [1.54, 1.807) is 0 Å². The molecular weight excluding hydrogens is 264 g/mol. The van der Waals surface area contributed by atoms with Crippen molar-refractivity contribution < 1.29 is 24.2 Å². The molecule has 0 fully saturated rings. The average molecular weight is 288 g/mol. The maximum Gasteiger partial charge on any atom is 0.325 e. The van der Waals surface area contributed by atoms with Gasteiger partial charge in [0, 0.05) is 19.5 Å². The van der Waals surface area contributed by atoms with E-state index in [0.717, 1.165) is 6.42 Å². The van der Waals surface area contributed by atoms with Crippen molar-refractivity contribution in [2.75, 3.05) is 26.7 Å². The molecule has 2 N–H and O–H groups in total. The summed E-state index contributed by atoms with van der Waals surface area (Å²) in [4.78, 5) is 35.0. The van der Waals surface area contributed by atoms with E-state index in [1.165, 1.54) is 12.0 Å². The summed E-state index contributed by atoms with van der Waals surface area (Å²) in [5, 5.41) is 11.3. The number of carboxylic acids is 1. The van der Waals surface area contributed by atoms with Crippen LogP contribution in [0, 0.1) is 5.92 Å². The van der Waals surface area contributed by atoms with Crippen LogP contribution < -0.4 is 5.32 Å². The van der Waals surface area contributed by atoms with E-state index in [0.29, 0.717) is 19.5 Å². The number of ether oxygens (including phenoxy) is 1. The summed E-state index contributed by atoms with van der Waals surface area (Å²) in [6.45, 7) is 4.54. The molecule has 0 aromatic heterocycles. The van der Waals surface area contributed by atoms with Crippen molar-refractivity contribution in [2.45, 2.75) is 33.1 Å². The van der Waals surface area contributed by atoms with Gasteiger partial charge in [-0.15, -0.1) is 0 Å². The van der Waals surface area contributed by atoms with Gasteiger partial charge in [-0.3, -0.25) is 9.59 Å². The van der Waals surface area contributed by atoms with Gasteiger partial charge < -0.3 is 20.1 Å². The van der Waals surface area contributed by atoms with Crippen molar-refractivity contribution >= 4 is 18.0 Å². The molecule has 0 saturated carbocycles. The molecular formula is C13H24N2O5. The molecule has 116 valence electrons. The highest BCUT2D eigenvalue weighted by molar-refractivity contribution is 5.80. The molecule has 7 nitrogen and oxygen atoms in total. The summed E-state index contributed by atoms with van der Waals surface area (Å²) in [7, 11) is 1.28. The van der Waals surface area contributed by atoms with Crippen LogP contribution in [0.4, 0.5) is 4.79 Å².